The molecule has 2 heteroatoms. The summed E-state index contributed by atoms with van der Waals surface area (Å²) in [6.07, 6.45) is 6.81. The van der Waals surface area contributed by atoms with Crippen molar-refractivity contribution in [2.75, 3.05) is 4.90 Å². The molecule has 1 aliphatic carbocycles. The molecule has 0 spiro atoms. The second kappa shape index (κ2) is 13.3. The number of allylic oxidation sites excluding steroid dienone is 1. The van der Waals surface area contributed by atoms with Crippen LogP contribution in [0.2, 0.25) is 0 Å². The molecule has 0 saturated carbocycles. The minimum Gasteiger partial charge on any atom is -0.455 e. The van der Waals surface area contributed by atoms with Crippen LogP contribution in [0.25, 0.3) is 82.9 Å². The summed E-state index contributed by atoms with van der Waals surface area (Å²) in [4.78, 5) is 2.39. The molecule has 0 radical (unpaired) electrons. The van der Waals surface area contributed by atoms with E-state index in [0.29, 0.717) is 0 Å². The number of hydrogen-bond donors (Lipinski definition) is 0. The van der Waals surface area contributed by atoms with Crippen molar-refractivity contribution in [1.82, 2.24) is 0 Å². The minimum absolute atomic E-state index is 0.896. The van der Waals surface area contributed by atoms with Crippen LogP contribution in [0, 0.1) is 0 Å². The molecule has 56 heavy (non-hydrogen) atoms. The van der Waals surface area contributed by atoms with Crippen molar-refractivity contribution in [2.45, 2.75) is 12.8 Å². The summed E-state index contributed by atoms with van der Waals surface area (Å²) in [6.45, 7) is 0. The number of aryl methyl sites for hydroxylation is 1. The van der Waals surface area contributed by atoms with E-state index < -0.39 is 0 Å². The van der Waals surface area contributed by atoms with Crippen molar-refractivity contribution in [1.29, 1.82) is 0 Å². The van der Waals surface area contributed by atoms with Crippen LogP contribution in [0.3, 0.4) is 0 Å². The van der Waals surface area contributed by atoms with E-state index in [0.717, 1.165) is 68.4 Å². The van der Waals surface area contributed by atoms with Crippen molar-refractivity contribution in [2.24, 2.45) is 0 Å². The first-order valence-corrected chi connectivity index (χ1v) is 19.5. The lowest BCUT2D eigenvalue weighted by Crippen LogP contribution is -2.11. The topological polar surface area (TPSA) is 16.4 Å². The van der Waals surface area contributed by atoms with Crippen LogP contribution in [-0.4, -0.2) is 0 Å². The van der Waals surface area contributed by atoms with Crippen molar-refractivity contribution in [3.63, 3.8) is 0 Å². The Morgan fingerprint density at radius 2 is 1.11 bits per heavy atom. The maximum atomic E-state index is 6.50. The highest BCUT2D eigenvalue weighted by molar-refractivity contribution is 6.15. The second-order valence-corrected chi connectivity index (χ2v) is 14.8. The van der Waals surface area contributed by atoms with E-state index in [1.165, 1.54) is 49.5 Å². The molecule has 0 N–H and O–H groups in total. The first kappa shape index (κ1) is 32.3. The summed E-state index contributed by atoms with van der Waals surface area (Å²) in [5.41, 5.74) is 15.2. The summed E-state index contributed by atoms with van der Waals surface area (Å²) in [7, 11) is 0. The van der Waals surface area contributed by atoms with E-state index in [1.807, 2.05) is 0 Å². The maximum Gasteiger partial charge on any atom is 0.143 e. The molecule has 0 atom stereocenters. The zero-order valence-electron chi connectivity index (χ0n) is 30.8. The first-order chi connectivity index (χ1) is 27.7. The van der Waals surface area contributed by atoms with Crippen LogP contribution in [0.1, 0.15) is 17.5 Å². The summed E-state index contributed by atoms with van der Waals surface area (Å²) in [5, 5.41) is 7.00. The van der Waals surface area contributed by atoms with Gasteiger partial charge in [0, 0.05) is 33.1 Å². The molecule has 0 bridgehead atoms. The van der Waals surface area contributed by atoms with E-state index >= 15 is 0 Å². The van der Waals surface area contributed by atoms with E-state index in [4.69, 9.17) is 4.42 Å². The van der Waals surface area contributed by atoms with Gasteiger partial charge in [0.2, 0.25) is 0 Å². The average molecular weight is 716 g/mol. The molecular formula is C54H37NO. The van der Waals surface area contributed by atoms with Crippen LogP contribution in [0.5, 0.6) is 0 Å². The lowest BCUT2D eigenvalue weighted by Gasteiger charge is -2.28. The third-order valence-electron chi connectivity index (χ3n) is 11.5. The Kier molecular flexibility index (Phi) is 7.67. The summed E-state index contributed by atoms with van der Waals surface area (Å²) >= 11 is 0. The Morgan fingerprint density at radius 3 is 1.98 bits per heavy atom. The van der Waals surface area contributed by atoms with Gasteiger partial charge in [0.25, 0.3) is 0 Å². The molecule has 1 heterocycles. The zero-order valence-corrected chi connectivity index (χ0v) is 30.8. The van der Waals surface area contributed by atoms with Crippen molar-refractivity contribution < 1.29 is 4.42 Å². The van der Waals surface area contributed by atoms with Crippen molar-refractivity contribution in [3.8, 4) is 33.4 Å². The van der Waals surface area contributed by atoms with Crippen LogP contribution in [0.4, 0.5) is 17.1 Å². The molecule has 10 aromatic rings. The Hall–Kier alpha value is -7.16. The van der Waals surface area contributed by atoms with Crippen LogP contribution >= 0.6 is 0 Å². The van der Waals surface area contributed by atoms with Crippen molar-refractivity contribution >= 4 is 66.6 Å². The van der Waals surface area contributed by atoms with Gasteiger partial charge >= 0.3 is 0 Å². The predicted octanol–water partition coefficient (Wildman–Crippen LogP) is 15.3. The number of para-hydroxylation sites is 1. The predicted molar refractivity (Wildman–Crippen MR) is 237 cm³/mol. The number of furan rings is 1. The average Bonchev–Trinajstić information content (AvgIpc) is 3.65. The molecule has 0 unspecified atom stereocenters. The second-order valence-electron chi connectivity index (χ2n) is 14.8. The van der Waals surface area contributed by atoms with Gasteiger partial charge in [0.15, 0.2) is 0 Å². The van der Waals surface area contributed by atoms with Gasteiger partial charge < -0.3 is 9.32 Å². The lowest BCUT2D eigenvalue weighted by molar-refractivity contribution is 0.672. The first-order valence-electron chi connectivity index (χ1n) is 19.5. The quantitative estimate of drug-likeness (QED) is 0.170. The SMILES string of the molecule is C1=Cc2c(cccc2-c2ccc(-c3ccc(N(c4ccc5ccccc5c4)c4ccccc4-c4ccc5oc6c7ccccc7ccc6c5c4)cc3)cc2)CC1. The lowest BCUT2D eigenvalue weighted by atomic mass is 9.89. The van der Waals surface area contributed by atoms with E-state index in [-0.39, 0.29) is 0 Å². The Labute approximate surface area is 326 Å². The van der Waals surface area contributed by atoms with Gasteiger partial charge in [-0.1, -0.05) is 152 Å². The number of fused-ring (bicyclic) bond motifs is 7. The zero-order chi connectivity index (χ0) is 37.0. The minimum atomic E-state index is 0.896. The number of benzene rings is 9. The third-order valence-corrected chi connectivity index (χ3v) is 11.5. The Balaban J connectivity index is 1.00. The van der Waals surface area contributed by atoms with E-state index in [1.54, 1.807) is 0 Å². The maximum absolute atomic E-state index is 6.50. The van der Waals surface area contributed by atoms with E-state index in [2.05, 4.69) is 205 Å². The molecule has 0 fully saturated rings. The van der Waals surface area contributed by atoms with Gasteiger partial charge in [0.05, 0.1) is 5.69 Å². The number of anilines is 3. The van der Waals surface area contributed by atoms with Gasteiger partial charge in [-0.25, -0.2) is 0 Å². The molecular weight excluding hydrogens is 679 g/mol. The van der Waals surface area contributed by atoms with E-state index in [9.17, 15) is 0 Å². The summed E-state index contributed by atoms with van der Waals surface area (Å²) in [6, 6.07) is 68.3. The summed E-state index contributed by atoms with van der Waals surface area (Å²) < 4.78 is 6.50. The molecule has 1 aromatic heterocycles. The highest BCUT2D eigenvalue weighted by Crippen LogP contribution is 2.44. The largest absolute Gasteiger partial charge is 0.455 e. The summed E-state index contributed by atoms with van der Waals surface area (Å²) in [5.74, 6) is 0. The fourth-order valence-electron chi connectivity index (χ4n) is 8.69. The van der Waals surface area contributed by atoms with Gasteiger partial charge in [-0.3, -0.25) is 0 Å². The van der Waals surface area contributed by atoms with Crippen LogP contribution in [0.15, 0.2) is 199 Å². The van der Waals surface area contributed by atoms with Gasteiger partial charge in [-0.2, -0.15) is 0 Å². The molecule has 1 aliphatic rings. The van der Waals surface area contributed by atoms with Crippen LogP contribution in [-0.2, 0) is 6.42 Å². The normalized spacial score (nSPS) is 12.4. The fourth-order valence-corrected chi connectivity index (χ4v) is 8.69. The highest BCUT2D eigenvalue weighted by atomic mass is 16.3. The van der Waals surface area contributed by atoms with Gasteiger partial charge in [-0.05, 0) is 116 Å². The molecule has 264 valence electrons. The smallest absolute Gasteiger partial charge is 0.143 e. The van der Waals surface area contributed by atoms with Gasteiger partial charge in [0.1, 0.15) is 11.2 Å². The third kappa shape index (κ3) is 5.49. The van der Waals surface area contributed by atoms with Crippen LogP contribution < -0.4 is 4.90 Å². The fraction of sp³-hybridized carbons (Fsp3) is 0.0370. The highest BCUT2D eigenvalue weighted by Gasteiger charge is 2.19. The molecule has 0 saturated heterocycles. The van der Waals surface area contributed by atoms with Gasteiger partial charge in [-0.15, -0.1) is 0 Å². The number of nitrogens with zero attached hydrogens (tertiary/aromatic N) is 1. The monoisotopic (exact) mass is 715 g/mol. The number of rotatable bonds is 6. The molecule has 0 aliphatic heterocycles. The molecule has 11 rings (SSSR count). The molecule has 2 nitrogen and oxygen atoms in total. The van der Waals surface area contributed by atoms with Crippen molar-refractivity contribution in [3.05, 3.63) is 205 Å². The Morgan fingerprint density at radius 1 is 0.429 bits per heavy atom. The standard InChI is InChI=1S/C54H37NO/c1-2-13-42-34-45(31-26-36(42)10-1)55(44-29-24-38(25-30-44)37-20-22-41(23-21-37)47-18-9-14-39-11-3-5-15-46(39)47)52-19-8-7-16-48(52)43-28-33-53-51(35-43)50-32-27-40-12-4-6-17-49(40)54(50)56-53/h1-2,4-10,12-35H,3,11H2. The number of hydrogen-bond acceptors (Lipinski definition) is 2. The molecule has 0 amide bonds. The Bertz CT molecular complexity index is 3130. The molecule has 9 aromatic carbocycles.